The van der Waals surface area contributed by atoms with Crippen LogP contribution in [0, 0.1) is 0 Å². The highest BCUT2D eigenvalue weighted by Crippen LogP contribution is 2.33. The first kappa shape index (κ1) is 22.9. The minimum atomic E-state index is -3.94. The minimum Gasteiger partial charge on any atom is -0.308 e. The first-order chi connectivity index (χ1) is 17.1. The zero-order valence-electron chi connectivity index (χ0n) is 19.2. The van der Waals surface area contributed by atoms with Crippen molar-refractivity contribution in [1.29, 1.82) is 0 Å². The SMILES string of the molecule is O=C(c1ccccc1N(Cc1ccccc1)S(=O)(=O)c1ccccc1)N1CCCc2ccccc21. The lowest BCUT2D eigenvalue weighted by molar-refractivity contribution is 0.0985. The molecule has 0 saturated heterocycles. The van der Waals surface area contributed by atoms with Gasteiger partial charge in [0.05, 0.1) is 22.7 Å². The Labute approximate surface area is 206 Å². The van der Waals surface area contributed by atoms with E-state index >= 15 is 0 Å². The fourth-order valence-electron chi connectivity index (χ4n) is 4.53. The van der Waals surface area contributed by atoms with E-state index in [0.29, 0.717) is 17.8 Å². The third-order valence-corrected chi connectivity index (χ3v) is 8.03. The molecule has 0 N–H and O–H groups in total. The summed E-state index contributed by atoms with van der Waals surface area (Å²) in [5, 5.41) is 0. The standard InChI is InChI=1S/C29H26N2O3S/c32-29(30-21-11-15-24-14-7-9-19-27(24)30)26-18-8-10-20-28(26)31(22-23-12-3-1-4-13-23)35(33,34)25-16-5-2-6-17-25/h1-10,12-14,16-20H,11,15,21-22H2. The zero-order valence-corrected chi connectivity index (χ0v) is 20.1. The summed E-state index contributed by atoms with van der Waals surface area (Å²) in [6.07, 6.45) is 1.78. The van der Waals surface area contributed by atoms with Crippen molar-refractivity contribution in [2.24, 2.45) is 0 Å². The van der Waals surface area contributed by atoms with E-state index in [1.165, 1.54) is 4.31 Å². The molecule has 5 nitrogen and oxygen atoms in total. The predicted octanol–water partition coefficient (Wildman–Crippen LogP) is 5.68. The molecule has 0 spiro atoms. The van der Waals surface area contributed by atoms with E-state index in [9.17, 15) is 13.2 Å². The topological polar surface area (TPSA) is 57.7 Å². The Morgan fingerprint density at radius 1 is 0.771 bits per heavy atom. The number of hydrogen-bond donors (Lipinski definition) is 0. The van der Waals surface area contributed by atoms with Gasteiger partial charge in [0.1, 0.15) is 0 Å². The van der Waals surface area contributed by atoms with Crippen molar-refractivity contribution < 1.29 is 13.2 Å². The highest BCUT2D eigenvalue weighted by atomic mass is 32.2. The average molecular weight is 483 g/mol. The number of carbonyl (C=O) groups excluding carboxylic acids is 1. The van der Waals surface area contributed by atoms with Crippen LogP contribution in [0.2, 0.25) is 0 Å². The van der Waals surface area contributed by atoms with Crippen molar-refractivity contribution >= 4 is 27.3 Å². The van der Waals surface area contributed by atoms with Crippen molar-refractivity contribution in [2.45, 2.75) is 24.3 Å². The molecule has 0 aromatic heterocycles. The molecule has 1 aliphatic heterocycles. The fourth-order valence-corrected chi connectivity index (χ4v) is 6.02. The number of hydrogen-bond acceptors (Lipinski definition) is 3. The number of amides is 1. The summed E-state index contributed by atoms with van der Waals surface area (Å²) < 4.78 is 29.1. The second-order valence-electron chi connectivity index (χ2n) is 8.52. The van der Waals surface area contributed by atoms with Crippen molar-refractivity contribution in [3.63, 3.8) is 0 Å². The Morgan fingerprint density at radius 2 is 1.40 bits per heavy atom. The highest BCUT2D eigenvalue weighted by molar-refractivity contribution is 7.92. The van der Waals surface area contributed by atoms with Crippen LogP contribution in [0.15, 0.2) is 114 Å². The van der Waals surface area contributed by atoms with Gasteiger partial charge in [-0.1, -0.05) is 78.9 Å². The summed E-state index contributed by atoms with van der Waals surface area (Å²) in [4.78, 5) is 15.9. The molecule has 4 aromatic carbocycles. The average Bonchev–Trinajstić information content (AvgIpc) is 2.92. The molecule has 6 heteroatoms. The van der Waals surface area contributed by atoms with Crippen LogP contribution >= 0.6 is 0 Å². The Hall–Kier alpha value is -3.90. The predicted molar refractivity (Wildman–Crippen MR) is 139 cm³/mol. The molecule has 1 heterocycles. The van der Waals surface area contributed by atoms with E-state index in [2.05, 4.69) is 0 Å². The van der Waals surface area contributed by atoms with E-state index in [4.69, 9.17) is 0 Å². The second kappa shape index (κ2) is 9.76. The molecule has 1 amide bonds. The molecular formula is C29H26N2O3S. The van der Waals surface area contributed by atoms with Gasteiger partial charge in [0.2, 0.25) is 0 Å². The Morgan fingerprint density at radius 3 is 2.17 bits per heavy atom. The number of anilines is 2. The lowest BCUT2D eigenvalue weighted by Crippen LogP contribution is -2.38. The van der Waals surface area contributed by atoms with E-state index in [1.807, 2.05) is 54.6 Å². The lowest BCUT2D eigenvalue weighted by atomic mass is 10.0. The maximum Gasteiger partial charge on any atom is 0.264 e. The third-order valence-electron chi connectivity index (χ3n) is 6.26. The van der Waals surface area contributed by atoms with Crippen LogP contribution in [0.3, 0.4) is 0 Å². The molecule has 176 valence electrons. The largest absolute Gasteiger partial charge is 0.308 e. The maximum atomic E-state index is 13.9. The van der Waals surface area contributed by atoms with E-state index in [0.717, 1.165) is 29.7 Å². The number of carbonyl (C=O) groups is 1. The zero-order chi connectivity index (χ0) is 24.3. The number of nitrogens with zero attached hydrogens (tertiary/aromatic N) is 2. The molecular weight excluding hydrogens is 456 g/mol. The molecule has 0 aliphatic carbocycles. The number of aryl methyl sites for hydroxylation is 1. The summed E-state index contributed by atoms with van der Waals surface area (Å²) in [5.74, 6) is -0.200. The highest BCUT2D eigenvalue weighted by Gasteiger charge is 2.31. The molecule has 1 aliphatic rings. The summed E-state index contributed by atoms with van der Waals surface area (Å²) in [6.45, 7) is 0.702. The van der Waals surface area contributed by atoms with Crippen LogP contribution < -0.4 is 9.21 Å². The van der Waals surface area contributed by atoms with Gasteiger partial charge < -0.3 is 4.90 Å². The molecule has 5 rings (SSSR count). The number of benzene rings is 4. The van der Waals surface area contributed by atoms with E-state index < -0.39 is 10.0 Å². The first-order valence-electron chi connectivity index (χ1n) is 11.7. The Bertz CT molecular complexity index is 1440. The summed E-state index contributed by atoms with van der Waals surface area (Å²) in [6, 6.07) is 32.7. The van der Waals surface area contributed by atoms with Crippen LogP contribution in [-0.4, -0.2) is 20.9 Å². The second-order valence-corrected chi connectivity index (χ2v) is 10.4. The molecule has 0 bridgehead atoms. The third kappa shape index (κ3) is 4.57. The van der Waals surface area contributed by atoms with Gasteiger partial charge in [-0.15, -0.1) is 0 Å². The van der Waals surface area contributed by atoms with Gasteiger partial charge >= 0.3 is 0 Å². The lowest BCUT2D eigenvalue weighted by Gasteiger charge is -2.32. The quantitative estimate of drug-likeness (QED) is 0.356. The van der Waals surface area contributed by atoms with Crippen LogP contribution in [0.1, 0.15) is 27.9 Å². The van der Waals surface area contributed by atoms with Crippen molar-refractivity contribution in [1.82, 2.24) is 0 Å². The maximum absolute atomic E-state index is 13.9. The fraction of sp³-hybridized carbons (Fsp3) is 0.138. The van der Waals surface area contributed by atoms with Crippen LogP contribution in [0.5, 0.6) is 0 Å². The van der Waals surface area contributed by atoms with Crippen molar-refractivity contribution in [3.8, 4) is 0 Å². The molecule has 4 aromatic rings. The van der Waals surface area contributed by atoms with Gasteiger partial charge in [-0.3, -0.25) is 9.10 Å². The number of para-hydroxylation sites is 2. The van der Waals surface area contributed by atoms with Gasteiger partial charge in [-0.25, -0.2) is 8.42 Å². The normalized spacial score (nSPS) is 13.2. The molecule has 0 saturated carbocycles. The monoisotopic (exact) mass is 482 g/mol. The van der Waals surface area contributed by atoms with Crippen molar-refractivity contribution in [3.05, 3.63) is 126 Å². The Balaban J connectivity index is 1.62. The smallest absolute Gasteiger partial charge is 0.264 e. The van der Waals surface area contributed by atoms with Crippen LogP contribution in [0.4, 0.5) is 11.4 Å². The molecule has 35 heavy (non-hydrogen) atoms. The molecule has 0 unspecified atom stereocenters. The number of rotatable bonds is 6. The summed E-state index contributed by atoms with van der Waals surface area (Å²) in [5.41, 5.74) is 3.58. The number of sulfonamides is 1. The van der Waals surface area contributed by atoms with Gasteiger partial charge in [-0.2, -0.15) is 0 Å². The van der Waals surface area contributed by atoms with Crippen LogP contribution in [-0.2, 0) is 23.0 Å². The van der Waals surface area contributed by atoms with Crippen LogP contribution in [0.25, 0.3) is 0 Å². The van der Waals surface area contributed by atoms with Gasteiger partial charge in [0, 0.05) is 12.2 Å². The summed E-state index contributed by atoms with van der Waals surface area (Å²) in [7, 11) is -3.94. The molecule has 0 radical (unpaired) electrons. The molecule has 0 atom stereocenters. The van der Waals surface area contributed by atoms with Crippen molar-refractivity contribution in [2.75, 3.05) is 15.7 Å². The molecule has 0 fully saturated rings. The van der Waals surface area contributed by atoms with Gasteiger partial charge in [-0.05, 0) is 54.3 Å². The summed E-state index contributed by atoms with van der Waals surface area (Å²) >= 11 is 0. The Kier molecular flexibility index (Phi) is 6.38. The minimum absolute atomic E-state index is 0.110. The number of fused-ring (bicyclic) bond motifs is 1. The van der Waals surface area contributed by atoms with Gasteiger partial charge in [0.15, 0.2) is 0 Å². The van der Waals surface area contributed by atoms with E-state index in [-0.39, 0.29) is 17.3 Å². The van der Waals surface area contributed by atoms with Gasteiger partial charge in [0.25, 0.3) is 15.9 Å². The van der Waals surface area contributed by atoms with E-state index in [1.54, 1.807) is 59.5 Å². The first-order valence-corrected chi connectivity index (χ1v) is 13.1.